The Labute approximate surface area is 137 Å². The Morgan fingerprint density at radius 3 is 1.45 bits per heavy atom. The number of hydrogen-bond acceptors (Lipinski definition) is 4. The summed E-state index contributed by atoms with van der Waals surface area (Å²) in [5, 5.41) is 2.70. The molecule has 0 aromatic heterocycles. The van der Waals surface area contributed by atoms with E-state index in [4.69, 9.17) is 0 Å². The summed E-state index contributed by atoms with van der Waals surface area (Å²) >= 11 is 0. The van der Waals surface area contributed by atoms with Gasteiger partial charge < -0.3 is 11.9 Å². The number of primary amides is 1. The van der Waals surface area contributed by atoms with Gasteiger partial charge in [0.2, 0.25) is 0 Å². The van der Waals surface area contributed by atoms with Crippen molar-refractivity contribution in [1.29, 1.82) is 0 Å². The maximum absolute atomic E-state index is 9.78. The van der Waals surface area contributed by atoms with Gasteiger partial charge in [0.1, 0.15) is 0 Å². The second-order valence-corrected chi connectivity index (χ2v) is 11.2. The number of rotatable bonds is 10. The van der Waals surface area contributed by atoms with Gasteiger partial charge in [0.05, 0.1) is 5.29 Å². The van der Waals surface area contributed by atoms with Crippen LogP contribution in [-0.2, 0) is 0 Å². The number of carbonyl (C=O) groups is 1. The molecular formula is C15H39N4O2P. The zero-order valence-corrected chi connectivity index (χ0v) is 16.4. The third-order valence-electron chi connectivity index (χ3n) is 3.84. The van der Waals surface area contributed by atoms with Crippen molar-refractivity contribution in [3.8, 4) is 0 Å². The summed E-state index contributed by atoms with van der Waals surface area (Å²) in [5.41, 5.74) is 4.54. The SMILES string of the molecule is CCCC[PH](C)(CCCC)CCCC.CN(N=O)C(N)=O.N. The van der Waals surface area contributed by atoms with Crippen LogP contribution >= 0.6 is 7.26 Å². The Morgan fingerprint density at radius 2 is 1.32 bits per heavy atom. The first-order valence-corrected chi connectivity index (χ1v) is 11.3. The Balaban J connectivity index is -0.000000385. The first-order valence-electron chi connectivity index (χ1n) is 8.23. The quantitative estimate of drug-likeness (QED) is 0.345. The van der Waals surface area contributed by atoms with Crippen molar-refractivity contribution in [2.45, 2.75) is 59.3 Å². The summed E-state index contributed by atoms with van der Waals surface area (Å²) in [4.78, 5) is 19.1. The molecule has 22 heavy (non-hydrogen) atoms. The molecule has 2 amide bonds. The topological polar surface area (TPSA) is 111 Å². The minimum absolute atomic E-state index is 0. The third-order valence-corrected chi connectivity index (χ3v) is 8.53. The first-order chi connectivity index (χ1) is 9.86. The van der Waals surface area contributed by atoms with Gasteiger partial charge >= 0.3 is 97.7 Å². The molecule has 0 unspecified atom stereocenters. The largest absolute Gasteiger partial charge is 0.350 e. The number of amides is 2. The first kappa shape index (κ1) is 26.2. The molecule has 0 aliphatic carbocycles. The predicted octanol–water partition coefficient (Wildman–Crippen LogP) is 4.61. The number of nitrogens with two attached hydrogens (primary N) is 1. The number of carbonyl (C=O) groups excluding carboxylic acids is 1. The van der Waals surface area contributed by atoms with Crippen molar-refractivity contribution in [3.63, 3.8) is 0 Å². The predicted molar refractivity (Wildman–Crippen MR) is 102 cm³/mol. The molecule has 0 radical (unpaired) electrons. The van der Waals surface area contributed by atoms with Crippen LogP contribution in [0.5, 0.6) is 0 Å². The van der Waals surface area contributed by atoms with Gasteiger partial charge in [-0.25, -0.2) is 4.79 Å². The van der Waals surface area contributed by atoms with Gasteiger partial charge in [-0.05, 0) is 0 Å². The molecule has 0 aliphatic rings. The fraction of sp³-hybridized carbons (Fsp3) is 0.933. The van der Waals surface area contributed by atoms with E-state index in [9.17, 15) is 9.70 Å². The molecule has 5 N–H and O–H groups in total. The number of unbranched alkanes of at least 4 members (excludes halogenated alkanes) is 3. The normalized spacial score (nSPS) is 10.8. The molecule has 0 aromatic carbocycles. The van der Waals surface area contributed by atoms with Crippen molar-refractivity contribution < 1.29 is 4.79 Å². The van der Waals surface area contributed by atoms with Crippen molar-refractivity contribution in [2.24, 2.45) is 11.0 Å². The van der Waals surface area contributed by atoms with Crippen LogP contribution in [0.25, 0.3) is 0 Å². The number of hydrogen-bond donors (Lipinski definition) is 2. The summed E-state index contributed by atoms with van der Waals surface area (Å²) in [7, 11) is 0.364. The monoisotopic (exact) mass is 338 g/mol. The van der Waals surface area contributed by atoms with Gasteiger partial charge in [0.15, 0.2) is 0 Å². The van der Waals surface area contributed by atoms with Crippen LogP contribution in [-0.4, -0.2) is 43.2 Å². The van der Waals surface area contributed by atoms with E-state index >= 15 is 0 Å². The van der Waals surface area contributed by atoms with Crippen LogP contribution in [0.3, 0.4) is 0 Å². The fourth-order valence-electron chi connectivity index (χ4n) is 2.23. The zero-order valence-electron chi connectivity index (χ0n) is 15.4. The standard InChI is InChI=1S/C13H31P.C2H5N3O2.H3N/c1-5-8-11-14(4,12-9-6-2)13-10-7-3;1-5(4-7)2(3)6;/h14H,5-13H2,1-4H3;1H3,(H2,3,6);1H3. The molecule has 0 spiro atoms. The average Bonchev–Trinajstić information content (AvgIpc) is 2.48. The average molecular weight is 338 g/mol. The smallest absolute Gasteiger partial charge is 0.337 e. The van der Waals surface area contributed by atoms with Crippen LogP contribution in [0.4, 0.5) is 4.79 Å². The van der Waals surface area contributed by atoms with E-state index in [2.05, 4.69) is 38.5 Å². The molecule has 136 valence electrons. The molecule has 0 bridgehead atoms. The molecule has 0 atom stereocenters. The molecule has 0 heterocycles. The van der Waals surface area contributed by atoms with Crippen LogP contribution in [0, 0.1) is 4.91 Å². The van der Waals surface area contributed by atoms with E-state index in [1.54, 1.807) is 18.5 Å². The van der Waals surface area contributed by atoms with E-state index in [-0.39, 0.29) is 6.15 Å². The fourth-order valence-corrected chi connectivity index (χ4v) is 6.60. The summed E-state index contributed by atoms with van der Waals surface area (Å²) in [6, 6.07) is -0.852. The number of nitrogens with zero attached hydrogens (tertiary/aromatic N) is 2. The Morgan fingerprint density at radius 1 is 1.00 bits per heavy atom. The van der Waals surface area contributed by atoms with E-state index in [0.717, 1.165) is 0 Å². The maximum Gasteiger partial charge on any atom is 0.337 e. The van der Waals surface area contributed by atoms with E-state index < -0.39 is 13.3 Å². The summed E-state index contributed by atoms with van der Waals surface area (Å²) < 4.78 is 0. The molecule has 0 aliphatic heterocycles. The van der Waals surface area contributed by atoms with Gasteiger partial charge in [-0.2, -0.15) is 5.01 Å². The molecule has 7 heteroatoms. The Bertz CT molecular complexity index is 256. The number of urea groups is 1. The van der Waals surface area contributed by atoms with Crippen molar-refractivity contribution in [3.05, 3.63) is 4.91 Å². The zero-order chi connectivity index (χ0) is 16.7. The van der Waals surface area contributed by atoms with Gasteiger partial charge in [-0.1, -0.05) is 0 Å². The third kappa shape index (κ3) is 15.6. The van der Waals surface area contributed by atoms with Gasteiger partial charge in [-0.3, -0.25) is 0 Å². The Kier molecular flexibility index (Phi) is 19.8. The molecule has 0 aromatic rings. The molecule has 0 rings (SSSR count). The summed E-state index contributed by atoms with van der Waals surface area (Å²) in [6.07, 6.45) is 13.4. The minimum Gasteiger partial charge on any atom is -0.350 e. The van der Waals surface area contributed by atoms with Crippen LogP contribution in [0.1, 0.15) is 59.3 Å². The Hall–Kier alpha value is -0.740. The second-order valence-electron chi connectivity index (χ2n) is 6.06. The van der Waals surface area contributed by atoms with Gasteiger partial charge in [-0.15, -0.1) is 4.91 Å². The van der Waals surface area contributed by atoms with Gasteiger partial charge in [0.25, 0.3) is 0 Å². The molecule has 0 saturated carbocycles. The molecule has 6 nitrogen and oxygen atoms in total. The molecule has 0 saturated heterocycles. The van der Waals surface area contributed by atoms with Gasteiger partial charge in [0, 0.05) is 7.05 Å². The van der Waals surface area contributed by atoms with E-state index in [1.165, 1.54) is 45.6 Å². The maximum atomic E-state index is 9.78. The summed E-state index contributed by atoms with van der Waals surface area (Å²) in [6.45, 7) is 9.63. The molecule has 0 fully saturated rings. The van der Waals surface area contributed by atoms with E-state index in [1.807, 2.05) is 0 Å². The van der Waals surface area contributed by atoms with Crippen LogP contribution in [0.2, 0.25) is 0 Å². The van der Waals surface area contributed by atoms with E-state index in [0.29, 0.717) is 5.01 Å². The number of nitroso groups, excluding NO2 is 1. The van der Waals surface area contributed by atoms with Crippen molar-refractivity contribution in [1.82, 2.24) is 11.2 Å². The van der Waals surface area contributed by atoms with Crippen molar-refractivity contribution >= 4 is 13.3 Å². The second kappa shape index (κ2) is 16.6. The van der Waals surface area contributed by atoms with Crippen molar-refractivity contribution in [2.75, 3.05) is 32.2 Å². The van der Waals surface area contributed by atoms with Crippen LogP contribution in [0.15, 0.2) is 5.29 Å². The van der Waals surface area contributed by atoms with Crippen LogP contribution < -0.4 is 11.9 Å². The minimum atomic E-state index is -0.852. The molecular weight excluding hydrogens is 299 g/mol. The summed E-state index contributed by atoms with van der Waals surface area (Å²) in [5.74, 6) is 0.